The highest BCUT2D eigenvalue weighted by Gasteiger charge is 2.25. The number of pyridine rings is 2. The standard InChI is InChI=1S/C25H24ClN5O5S/c26-22-10-15(11-23(30-22)28-16-6-8-17(9-7-16)29-25(33)34)21-14-31(24-20(21)12-18(32)13-27-24)37(35,36)19-4-2-1-3-5-19/h1-5,10-14,16-17,29,32H,6-9H2,(H,28,30)(H,33,34). The first-order valence-corrected chi connectivity index (χ1v) is 13.5. The first-order chi connectivity index (χ1) is 17.7. The second-order valence-corrected chi connectivity index (χ2v) is 11.1. The number of benzene rings is 1. The third kappa shape index (κ3) is 5.18. The van der Waals surface area contributed by atoms with Gasteiger partial charge in [-0.25, -0.2) is 27.2 Å². The quantitative estimate of drug-likeness (QED) is 0.257. The lowest BCUT2D eigenvalue weighted by molar-refractivity contribution is 0.185. The maximum Gasteiger partial charge on any atom is 0.404 e. The second-order valence-electron chi connectivity index (χ2n) is 8.93. The highest BCUT2D eigenvalue weighted by Crippen LogP contribution is 2.36. The van der Waals surface area contributed by atoms with Gasteiger partial charge in [0, 0.05) is 29.2 Å². The van der Waals surface area contributed by atoms with Crippen LogP contribution in [0, 0.1) is 0 Å². The van der Waals surface area contributed by atoms with E-state index in [2.05, 4.69) is 20.6 Å². The summed E-state index contributed by atoms with van der Waals surface area (Å²) in [5, 5.41) is 25.6. The van der Waals surface area contributed by atoms with Gasteiger partial charge in [-0.1, -0.05) is 29.8 Å². The van der Waals surface area contributed by atoms with Crippen LogP contribution in [-0.2, 0) is 10.0 Å². The number of aromatic hydroxyl groups is 1. The maximum absolute atomic E-state index is 13.4. The Labute approximate surface area is 218 Å². The monoisotopic (exact) mass is 541 g/mol. The SMILES string of the molecule is O=C(O)NC1CCC(Nc2cc(-c3cn(S(=O)(=O)c4ccccc4)c4ncc(O)cc34)cc(Cl)n2)CC1. The van der Waals surface area contributed by atoms with Crippen LogP contribution in [0.3, 0.4) is 0 Å². The fourth-order valence-corrected chi connectivity index (χ4v) is 6.23. The predicted octanol–water partition coefficient (Wildman–Crippen LogP) is 4.69. The lowest BCUT2D eigenvalue weighted by Crippen LogP contribution is -2.39. The van der Waals surface area contributed by atoms with Crippen molar-refractivity contribution in [2.45, 2.75) is 42.7 Å². The van der Waals surface area contributed by atoms with Crippen LogP contribution < -0.4 is 10.6 Å². The van der Waals surface area contributed by atoms with Crippen molar-refractivity contribution in [1.29, 1.82) is 0 Å². The van der Waals surface area contributed by atoms with Crippen LogP contribution in [0.5, 0.6) is 5.75 Å². The molecule has 3 heterocycles. The highest BCUT2D eigenvalue weighted by molar-refractivity contribution is 7.90. The molecule has 1 saturated carbocycles. The van der Waals surface area contributed by atoms with Crippen molar-refractivity contribution in [2.75, 3.05) is 5.32 Å². The maximum atomic E-state index is 13.4. The first-order valence-electron chi connectivity index (χ1n) is 11.7. The zero-order chi connectivity index (χ0) is 26.2. The normalized spacial score (nSPS) is 18.0. The van der Waals surface area contributed by atoms with Crippen molar-refractivity contribution >= 4 is 44.6 Å². The Morgan fingerprint density at radius 1 is 1.05 bits per heavy atom. The molecule has 192 valence electrons. The van der Waals surface area contributed by atoms with Crippen molar-refractivity contribution in [3.8, 4) is 16.9 Å². The van der Waals surface area contributed by atoms with Crippen molar-refractivity contribution in [3.63, 3.8) is 0 Å². The Bertz CT molecular complexity index is 1570. The van der Waals surface area contributed by atoms with Gasteiger partial charge in [0.15, 0.2) is 5.65 Å². The van der Waals surface area contributed by atoms with Gasteiger partial charge in [0.25, 0.3) is 10.0 Å². The van der Waals surface area contributed by atoms with Gasteiger partial charge in [0.1, 0.15) is 16.7 Å². The second kappa shape index (κ2) is 9.91. The third-order valence-electron chi connectivity index (χ3n) is 6.41. The smallest absolute Gasteiger partial charge is 0.404 e. The summed E-state index contributed by atoms with van der Waals surface area (Å²) in [6.07, 6.45) is 4.55. The van der Waals surface area contributed by atoms with Crippen LogP contribution in [0.1, 0.15) is 25.7 Å². The number of nitrogens with one attached hydrogen (secondary N) is 2. The van der Waals surface area contributed by atoms with E-state index in [4.69, 9.17) is 16.7 Å². The van der Waals surface area contributed by atoms with E-state index in [9.17, 15) is 18.3 Å². The number of fused-ring (bicyclic) bond motifs is 1. The van der Waals surface area contributed by atoms with Gasteiger partial charge in [-0.2, -0.15) is 0 Å². The zero-order valence-corrected chi connectivity index (χ0v) is 21.1. The molecule has 12 heteroatoms. The van der Waals surface area contributed by atoms with Gasteiger partial charge in [-0.3, -0.25) is 0 Å². The summed E-state index contributed by atoms with van der Waals surface area (Å²) < 4.78 is 28.0. The minimum absolute atomic E-state index is 0.0729. The van der Waals surface area contributed by atoms with Crippen molar-refractivity contribution in [2.24, 2.45) is 0 Å². The lowest BCUT2D eigenvalue weighted by atomic mass is 9.91. The summed E-state index contributed by atoms with van der Waals surface area (Å²) in [4.78, 5) is 19.6. The molecule has 37 heavy (non-hydrogen) atoms. The number of rotatable bonds is 6. The van der Waals surface area contributed by atoms with Crippen LogP contribution in [0.15, 0.2) is 65.8 Å². The number of halogens is 1. The van der Waals surface area contributed by atoms with Crippen LogP contribution in [0.4, 0.5) is 10.6 Å². The topological polar surface area (TPSA) is 146 Å². The fraction of sp³-hybridized carbons (Fsp3) is 0.240. The van der Waals surface area contributed by atoms with Gasteiger partial charge >= 0.3 is 6.09 Å². The number of amides is 1. The number of hydrogen-bond donors (Lipinski definition) is 4. The van der Waals surface area contributed by atoms with Crippen LogP contribution in [-0.4, -0.2) is 50.7 Å². The number of anilines is 1. The molecule has 0 bridgehead atoms. The van der Waals surface area contributed by atoms with E-state index >= 15 is 0 Å². The number of nitrogens with zero attached hydrogens (tertiary/aromatic N) is 3. The molecule has 5 rings (SSSR count). The zero-order valence-electron chi connectivity index (χ0n) is 19.5. The molecule has 10 nitrogen and oxygen atoms in total. The molecule has 0 unspecified atom stereocenters. The number of carboxylic acid groups (broad SMARTS) is 1. The molecule has 1 amide bonds. The molecule has 0 saturated heterocycles. The third-order valence-corrected chi connectivity index (χ3v) is 8.27. The van der Waals surface area contributed by atoms with Gasteiger partial charge in [-0.15, -0.1) is 0 Å². The van der Waals surface area contributed by atoms with Gasteiger partial charge < -0.3 is 20.8 Å². The van der Waals surface area contributed by atoms with Gasteiger partial charge in [-0.05, 0) is 61.6 Å². The Morgan fingerprint density at radius 3 is 2.46 bits per heavy atom. The molecule has 0 atom stereocenters. The Kier molecular flexibility index (Phi) is 6.65. The summed E-state index contributed by atoms with van der Waals surface area (Å²) in [5.74, 6) is 0.408. The molecule has 1 aromatic carbocycles. The summed E-state index contributed by atoms with van der Waals surface area (Å²) in [6.45, 7) is 0. The van der Waals surface area contributed by atoms with E-state index in [1.165, 1.54) is 30.6 Å². The molecule has 0 radical (unpaired) electrons. The van der Waals surface area contributed by atoms with Crippen molar-refractivity contribution in [3.05, 3.63) is 66.1 Å². The summed E-state index contributed by atoms with van der Waals surface area (Å²) in [5.41, 5.74) is 1.28. The lowest BCUT2D eigenvalue weighted by Gasteiger charge is -2.29. The summed E-state index contributed by atoms with van der Waals surface area (Å²) >= 11 is 6.36. The molecular formula is C25H24ClN5O5S. The van der Waals surface area contributed by atoms with Crippen molar-refractivity contribution < 1.29 is 23.4 Å². The van der Waals surface area contributed by atoms with Crippen LogP contribution in [0.25, 0.3) is 22.2 Å². The van der Waals surface area contributed by atoms with Gasteiger partial charge in [0.05, 0.1) is 11.1 Å². The predicted molar refractivity (Wildman–Crippen MR) is 139 cm³/mol. The largest absolute Gasteiger partial charge is 0.506 e. The molecule has 3 aromatic heterocycles. The van der Waals surface area contributed by atoms with E-state index < -0.39 is 16.1 Å². The van der Waals surface area contributed by atoms with E-state index in [0.29, 0.717) is 35.2 Å². The van der Waals surface area contributed by atoms with E-state index in [-0.39, 0.29) is 33.5 Å². The number of aromatic nitrogens is 3. The van der Waals surface area contributed by atoms with Crippen molar-refractivity contribution in [1.82, 2.24) is 19.3 Å². The average Bonchev–Trinajstić information content (AvgIpc) is 3.25. The molecule has 0 aliphatic heterocycles. The molecule has 4 aromatic rings. The van der Waals surface area contributed by atoms with E-state index in [1.54, 1.807) is 30.3 Å². The Morgan fingerprint density at radius 2 is 1.76 bits per heavy atom. The molecule has 1 aliphatic rings. The average molecular weight is 542 g/mol. The Hall–Kier alpha value is -3.83. The molecule has 0 spiro atoms. The molecule has 1 aliphatic carbocycles. The minimum Gasteiger partial charge on any atom is -0.506 e. The molecular weight excluding hydrogens is 518 g/mol. The van der Waals surface area contributed by atoms with Crippen LogP contribution >= 0.6 is 11.6 Å². The first kappa shape index (κ1) is 24.8. The molecule has 4 N–H and O–H groups in total. The van der Waals surface area contributed by atoms with Crippen LogP contribution in [0.2, 0.25) is 5.15 Å². The number of hydrogen-bond acceptors (Lipinski definition) is 7. The molecule has 1 fully saturated rings. The summed E-state index contributed by atoms with van der Waals surface area (Å²) in [7, 11) is -3.96. The number of carbonyl (C=O) groups is 1. The minimum atomic E-state index is -3.96. The fourth-order valence-electron chi connectivity index (χ4n) is 4.68. The highest BCUT2D eigenvalue weighted by atomic mass is 35.5. The summed E-state index contributed by atoms with van der Waals surface area (Å²) in [6, 6.07) is 12.9. The van der Waals surface area contributed by atoms with E-state index in [1.807, 2.05) is 0 Å². The van der Waals surface area contributed by atoms with Gasteiger partial charge in [0.2, 0.25) is 0 Å². The Balaban J connectivity index is 1.50. The van der Waals surface area contributed by atoms with E-state index in [0.717, 1.165) is 16.8 Å².